The number of hydrogen-bond donors (Lipinski definition) is 1. The van der Waals surface area contributed by atoms with Gasteiger partial charge < -0.3 is 14.8 Å². The zero-order chi connectivity index (χ0) is 24.0. The van der Waals surface area contributed by atoms with Crippen LogP contribution in [-0.2, 0) is 14.8 Å². The third-order valence-electron chi connectivity index (χ3n) is 5.31. The fraction of sp³-hybridized carbons (Fsp3) is 0.478. The van der Waals surface area contributed by atoms with E-state index in [-0.39, 0.29) is 28.5 Å². The van der Waals surface area contributed by atoms with Crippen LogP contribution in [0.3, 0.4) is 0 Å². The third kappa shape index (κ3) is 6.18. The molecule has 1 amide bonds. The van der Waals surface area contributed by atoms with Crippen molar-refractivity contribution in [1.29, 1.82) is 0 Å². The second kappa shape index (κ2) is 11.2. The summed E-state index contributed by atoms with van der Waals surface area (Å²) in [7, 11) is -3.55. The number of aromatic nitrogens is 1. The summed E-state index contributed by atoms with van der Waals surface area (Å²) in [6, 6.07) is 8.73. The van der Waals surface area contributed by atoms with Crippen molar-refractivity contribution in [2.75, 3.05) is 32.1 Å². The number of ether oxygens (including phenoxy) is 2. The number of carbonyl (C=O) groups excluding carboxylic acids is 1. The maximum Gasteiger partial charge on any atom is 0.244 e. The van der Waals surface area contributed by atoms with E-state index in [0.29, 0.717) is 42.8 Å². The molecule has 2 heterocycles. The van der Waals surface area contributed by atoms with E-state index in [1.807, 2.05) is 32.0 Å². The SMILES string of the molecule is CCN(CC)S(=O)(=O)c1ccc(SCC(=O)NC(c2ccc3c(c2)OCCO3)C(C)C)nc1. The highest BCUT2D eigenvalue weighted by molar-refractivity contribution is 7.99. The van der Waals surface area contributed by atoms with Gasteiger partial charge in [-0.3, -0.25) is 4.79 Å². The number of hydrogen-bond acceptors (Lipinski definition) is 7. The number of nitrogens with one attached hydrogen (secondary N) is 1. The van der Waals surface area contributed by atoms with Crippen LogP contribution in [0.25, 0.3) is 0 Å². The molecule has 0 aliphatic carbocycles. The standard InChI is InChI=1S/C23H31N3O5S2/c1-5-26(6-2)33(28,29)18-8-10-22(24-14-18)32-15-21(27)25-23(16(3)4)17-7-9-19-20(13-17)31-12-11-30-19/h7-10,13-14,16,23H,5-6,11-12,15H2,1-4H3,(H,25,27). The molecule has 2 aromatic rings. The van der Waals surface area contributed by atoms with E-state index < -0.39 is 10.0 Å². The maximum absolute atomic E-state index is 12.7. The summed E-state index contributed by atoms with van der Waals surface area (Å²) in [5, 5.41) is 3.68. The molecule has 8 nitrogen and oxygen atoms in total. The summed E-state index contributed by atoms with van der Waals surface area (Å²) in [6.45, 7) is 9.53. The first kappa shape index (κ1) is 25.3. The Morgan fingerprint density at radius 2 is 1.82 bits per heavy atom. The molecule has 1 aromatic carbocycles. The lowest BCUT2D eigenvalue weighted by Crippen LogP contribution is -2.33. The number of rotatable bonds is 10. The summed E-state index contributed by atoms with van der Waals surface area (Å²) in [6.07, 6.45) is 1.35. The zero-order valence-corrected chi connectivity index (χ0v) is 21.0. The van der Waals surface area contributed by atoms with Crippen LogP contribution in [0.1, 0.15) is 39.3 Å². The molecular formula is C23H31N3O5S2. The van der Waals surface area contributed by atoms with Crippen molar-refractivity contribution in [2.45, 2.75) is 43.7 Å². The Kier molecular flexibility index (Phi) is 8.61. The van der Waals surface area contributed by atoms with Gasteiger partial charge in [-0.25, -0.2) is 13.4 Å². The van der Waals surface area contributed by atoms with Crippen molar-refractivity contribution < 1.29 is 22.7 Å². The Morgan fingerprint density at radius 1 is 1.12 bits per heavy atom. The van der Waals surface area contributed by atoms with E-state index in [0.717, 1.165) is 5.56 Å². The van der Waals surface area contributed by atoms with Crippen molar-refractivity contribution in [1.82, 2.24) is 14.6 Å². The van der Waals surface area contributed by atoms with E-state index in [9.17, 15) is 13.2 Å². The van der Waals surface area contributed by atoms with Gasteiger partial charge in [0.2, 0.25) is 15.9 Å². The number of fused-ring (bicyclic) bond motifs is 1. The number of thioether (sulfide) groups is 1. The smallest absolute Gasteiger partial charge is 0.244 e. The fourth-order valence-electron chi connectivity index (χ4n) is 3.56. The molecule has 33 heavy (non-hydrogen) atoms. The molecule has 0 radical (unpaired) electrons. The summed E-state index contributed by atoms with van der Waals surface area (Å²) >= 11 is 1.26. The Balaban J connectivity index is 1.62. The van der Waals surface area contributed by atoms with E-state index in [1.54, 1.807) is 19.9 Å². The minimum Gasteiger partial charge on any atom is -0.486 e. The summed E-state index contributed by atoms with van der Waals surface area (Å²) < 4.78 is 37.8. The molecule has 0 saturated heterocycles. The average molecular weight is 494 g/mol. The van der Waals surface area contributed by atoms with Gasteiger partial charge in [0.1, 0.15) is 18.1 Å². The van der Waals surface area contributed by atoms with Crippen LogP contribution in [0.5, 0.6) is 11.5 Å². The van der Waals surface area contributed by atoms with E-state index in [1.165, 1.54) is 28.3 Å². The molecular weight excluding hydrogens is 462 g/mol. The number of pyridine rings is 1. The fourth-order valence-corrected chi connectivity index (χ4v) is 5.62. The molecule has 1 unspecified atom stereocenters. The number of nitrogens with zero attached hydrogens (tertiary/aromatic N) is 2. The molecule has 0 saturated carbocycles. The second-order valence-corrected chi connectivity index (χ2v) is 10.8. The van der Waals surface area contributed by atoms with Crippen LogP contribution in [-0.4, -0.2) is 55.7 Å². The highest BCUT2D eigenvalue weighted by Crippen LogP contribution is 2.34. The van der Waals surface area contributed by atoms with Crippen LogP contribution in [0.2, 0.25) is 0 Å². The number of sulfonamides is 1. The quantitative estimate of drug-likeness (QED) is 0.506. The lowest BCUT2D eigenvalue weighted by Gasteiger charge is -2.25. The van der Waals surface area contributed by atoms with Gasteiger partial charge in [0.05, 0.1) is 16.8 Å². The molecule has 0 spiro atoms. The molecule has 0 bridgehead atoms. The highest BCUT2D eigenvalue weighted by Gasteiger charge is 2.23. The first-order chi connectivity index (χ1) is 15.8. The number of carbonyl (C=O) groups is 1. The first-order valence-electron chi connectivity index (χ1n) is 11.0. The monoisotopic (exact) mass is 493 g/mol. The normalized spacial score (nSPS) is 14.4. The molecule has 1 N–H and O–H groups in total. The van der Waals surface area contributed by atoms with Crippen LogP contribution in [0, 0.1) is 5.92 Å². The topological polar surface area (TPSA) is 97.8 Å². The maximum atomic E-state index is 12.7. The van der Waals surface area contributed by atoms with Gasteiger partial charge in [0, 0.05) is 19.3 Å². The summed E-state index contributed by atoms with van der Waals surface area (Å²) in [4.78, 5) is 17.1. The van der Waals surface area contributed by atoms with Gasteiger partial charge >= 0.3 is 0 Å². The third-order valence-corrected chi connectivity index (χ3v) is 8.29. The van der Waals surface area contributed by atoms with Gasteiger partial charge in [-0.2, -0.15) is 4.31 Å². The van der Waals surface area contributed by atoms with Crippen molar-refractivity contribution >= 4 is 27.7 Å². The minimum atomic E-state index is -3.55. The molecule has 0 fully saturated rings. The van der Waals surface area contributed by atoms with E-state index in [4.69, 9.17) is 9.47 Å². The lowest BCUT2D eigenvalue weighted by molar-refractivity contribution is -0.119. The van der Waals surface area contributed by atoms with Gasteiger partial charge in [0.25, 0.3) is 0 Å². The number of benzene rings is 1. The Bertz CT molecular complexity index is 1050. The summed E-state index contributed by atoms with van der Waals surface area (Å²) in [5.41, 5.74) is 0.955. The van der Waals surface area contributed by atoms with Gasteiger partial charge in [-0.1, -0.05) is 45.5 Å². The Morgan fingerprint density at radius 3 is 2.42 bits per heavy atom. The van der Waals surface area contributed by atoms with Crippen LogP contribution in [0.4, 0.5) is 0 Å². The van der Waals surface area contributed by atoms with Crippen molar-refractivity contribution in [3.8, 4) is 11.5 Å². The van der Waals surface area contributed by atoms with E-state index in [2.05, 4.69) is 10.3 Å². The van der Waals surface area contributed by atoms with Crippen molar-refractivity contribution in [3.05, 3.63) is 42.1 Å². The van der Waals surface area contributed by atoms with Gasteiger partial charge in [-0.05, 0) is 35.7 Å². The zero-order valence-electron chi connectivity index (χ0n) is 19.4. The molecule has 1 atom stereocenters. The molecule has 180 valence electrons. The molecule has 10 heteroatoms. The largest absolute Gasteiger partial charge is 0.486 e. The molecule has 3 rings (SSSR count). The Hall–Kier alpha value is -2.30. The van der Waals surface area contributed by atoms with Crippen molar-refractivity contribution in [2.24, 2.45) is 5.92 Å². The first-order valence-corrected chi connectivity index (χ1v) is 13.5. The molecule has 1 aliphatic rings. The highest BCUT2D eigenvalue weighted by atomic mass is 32.2. The summed E-state index contributed by atoms with van der Waals surface area (Å²) in [5.74, 6) is 1.62. The molecule has 1 aromatic heterocycles. The molecule has 1 aliphatic heterocycles. The predicted molar refractivity (Wildman–Crippen MR) is 128 cm³/mol. The minimum absolute atomic E-state index is 0.129. The van der Waals surface area contributed by atoms with Crippen LogP contribution < -0.4 is 14.8 Å². The van der Waals surface area contributed by atoms with Gasteiger partial charge in [0.15, 0.2) is 11.5 Å². The average Bonchev–Trinajstić information content (AvgIpc) is 2.81. The van der Waals surface area contributed by atoms with Crippen LogP contribution in [0.15, 0.2) is 46.5 Å². The Labute approximate surface area is 200 Å². The van der Waals surface area contributed by atoms with E-state index >= 15 is 0 Å². The second-order valence-electron chi connectivity index (χ2n) is 7.90. The lowest BCUT2D eigenvalue weighted by atomic mass is 9.95. The van der Waals surface area contributed by atoms with Crippen molar-refractivity contribution in [3.63, 3.8) is 0 Å². The van der Waals surface area contributed by atoms with Crippen LogP contribution >= 0.6 is 11.8 Å². The number of amides is 1. The predicted octanol–water partition coefficient (Wildman–Crippen LogP) is 3.49. The van der Waals surface area contributed by atoms with Gasteiger partial charge in [-0.15, -0.1) is 0 Å².